The Morgan fingerprint density at radius 2 is 2.00 bits per heavy atom. The maximum Gasteiger partial charge on any atom is 0.257 e. The van der Waals surface area contributed by atoms with Gasteiger partial charge in [-0.1, -0.05) is 17.7 Å². The van der Waals surface area contributed by atoms with Crippen LogP contribution in [0.15, 0.2) is 36.4 Å². The number of fused-ring (bicyclic) bond motifs is 1. The summed E-state index contributed by atoms with van der Waals surface area (Å²) in [7, 11) is 3.33. The van der Waals surface area contributed by atoms with Gasteiger partial charge in [-0.3, -0.25) is 0 Å². The Morgan fingerprint density at radius 3 is 2.68 bits per heavy atom. The third-order valence-corrected chi connectivity index (χ3v) is 6.50. The molecule has 164 valence electrons. The molecule has 0 spiro atoms. The lowest BCUT2D eigenvalue weighted by Crippen LogP contribution is -2.34. The van der Waals surface area contributed by atoms with E-state index in [9.17, 15) is 0 Å². The summed E-state index contributed by atoms with van der Waals surface area (Å²) in [6, 6.07) is 11.9. The number of benzene rings is 1. The molecule has 0 bridgehead atoms. The van der Waals surface area contributed by atoms with Crippen molar-refractivity contribution >= 4 is 22.8 Å². The predicted octanol–water partition coefficient (Wildman–Crippen LogP) is 5.07. The van der Waals surface area contributed by atoms with Crippen molar-refractivity contribution in [3.05, 3.63) is 41.4 Å². The molecule has 1 saturated heterocycles. The third kappa shape index (κ3) is 4.06. The normalized spacial score (nSPS) is 18.5. The molecule has 0 radical (unpaired) electrons. The van der Waals surface area contributed by atoms with Crippen LogP contribution in [0.2, 0.25) is 5.02 Å². The van der Waals surface area contributed by atoms with Crippen molar-refractivity contribution in [1.82, 2.24) is 9.61 Å². The Bertz CT molecular complexity index is 1070. The smallest absolute Gasteiger partial charge is 0.257 e. The van der Waals surface area contributed by atoms with Gasteiger partial charge in [0.1, 0.15) is 11.4 Å². The molecule has 31 heavy (non-hydrogen) atoms. The summed E-state index contributed by atoms with van der Waals surface area (Å²) < 4.78 is 19.0. The Hall–Kier alpha value is -2.44. The summed E-state index contributed by atoms with van der Waals surface area (Å²) in [6.07, 6.45) is 5.08. The van der Waals surface area contributed by atoms with Crippen LogP contribution in [0.25, 0.3) is 16.8 Å². The van der Waals surface area contributed by atoms with Gasteiger partial charge in [0.15, 0.2) is 0 Å². The molecular formula is C24H28ClN3O3. The minimum absolute atomic E-state index is 0.262. The Labute approximate surface area is 187 Å². The lowest BCUT2D eigenvalue weighted by Gasteiger charge is -2.27. The van der Waals surface area contributed by atoms with Gasteiger partial charge in [-0.2, -0.15) is 0 Å². The summed E-state index contributed by atoms with van der Waals surface area (Å²) in [4.78, 5) is 2.42. The zero-order valence-corrected chi connectivity index (χ0v) is 18.8. The van der Waals surface area contributed by atoms with Crippen LogP contribution in [-0.2, 0) is 4.74 Å². The van der Waals surface area contributed by atoms with Crippen LogP contribution in [0.4, 0.5) is 5.69 Å². The number of halogens is 1. The first-order valence-corrected chi connectivity index (χ1v) is 11.3. The quantitative estimate of drug-likeness (QED) is 0.488. The van der Waals surface area contributed by atoms with Gasteiger partial charge in [0.2, 0.25) is 0 Å². The predicted molar refractivity (Wildman–Crippen MR) is 123 cm³/mol. The van der Waals surface area contributed by atoms with E-state index >= 15 is 0 Å². The van der Waals surface area contributed by atoms with Crippen LogP contribution in [0.1, 0.15) is 25.7 Å². The highest BCUT2D eigenvalue weighted by molar-refractivity contribution is 6.33. The molecule has 2 aliphatic rings. The monoisotopic (exact) mass is 441 g/mol. The van der Waals surface area contributed by atoms with E-state index in [1.54, 1.807) is 14.2 Å². The molecule has 7 heteroatoms. The maximum atomic E-state index is 6.60. The van der Waals surface area contributed by atoms with Gasteiger partial charge >= 0.3 is 0 Å². The molecule has 3 heterocycles. The molecule has 6 nitrogen and oxygen atoms in total. The largest absolute Gasteiger partial charge is 0.497 e. The topological polar surface area (TPSA) is 48.2 Å². The minimum atomic E-state index is 0.262. The van der Waals surface area contributed by atoms with Crippen molar-refractivity contribution < 1.29 is 14.2 Å². The number of pyridine rings is 1. The lowest BCUT2D eigenvalue weighted by atomic mass is 10.1. The zero-order valence-electron chi connectivity index (χ0n) is 18.0. The number of hydrogen-bond donors (Lipinski definition) is 0. The van der Waals surface area contributed by atoms with Crippen molar-refractivity contribution in [2.45, 2.75) is 31.8 Å². The number of methoxy groups -OCH3 is 2. The molecule has 1 saturated carbocycles. The van der Waals surface area contributed by atoms with E-state index in [4.69, 9.17) is 30.9 Å². The molecule has 1 atom stereocenters. The number of hydrogen-bond acceptors (Lipinski definition) is 5. The number of anilines is 1. The molecule has 0 amide bonds. The molecule has 2 aromatic heterocycles. The standard InChI is InChI=1S/C24H28ClN3O3/c1-29-17-10-11-19(20(25)13-17)21-6-3-7-22-23(24(30-2)26-28(21)22)27(14-16-8-9-16)15-18-5-4-12-31-18/h3,6-7,10-11,13,16,18H,4-5,8-9,12,14-15H2,1-2H3. The van der Waals surface area contributed by atoms with Gasteiger partial charge in [0, 0.05) is 25.3 Å². The average Bonchev–Trinajstić information content (AvgIpc) is 3.30. The van der Waals surface area contributed by atoms with Crippen LogP contribution in [-0.4, -0.2) is 49.6 Å². The molecule has 5 rings (SSSR count). The second-order valence-electron chi connectivity index (χ2n) is 8.40. The van der Waals surface area contributed by atoms with Gasteiger partial charge in [0.25, 0.3) is 5.88 Å². The summed E-state index contributed by atoms with van der Waals surface area (Å²) in [6.45, 7) is 2.72. The Balaban J connectivity index is 1.60. The summed E-state index contributed by atoms with van der Waals surface area (Å²) >= 11 is 6.60. The number of ether oxygens (including phenoxy) is 3. The molecule has 1 unspecified atom stereocenters. The van der Waals surface area contributed by atoms with Gasteiger partial charge in [-0.15, -0.1) is 5.10 Å². The van der Waals surface area contributed by atoms with Crippen molar-refractivity contribution in [3.8, 4) is 22.9 Å². The van der Waals surface area contributed by atoms with E-state index in [-0.39, 0.29) is 6.10 Å². The van der Waals surface area contributed by atoms with Crippen LogP contribution in [0, 0.1) is 5.92 Å². The van der Waals surface area contributed by atoms with Crippen LogP contribution in [0.3, 0.4) is 0 Å². The van der Waals surface area contributed by atoms with Crippen LogP contribution < -0.4 is 14.4 Å². The molecule has 1 aliphatic carbocycles. The first-order valence-electron chi connectivity index (χ1n) is 10.9. The fourth-order valence-corrected chi connectivity index (χ4v) is 4.68. The van der Waals surface area contributed by atoms with E-state index in [2.05, 4.69) is 17.0 Å². The highest BCUT2D eigenvalue weighted by atomic mass is 35.5. The molecule has 0 N–H and O–H groups in total. The fraction of sp³-hybridized carbons (Fsp3) is 0.458. The summed E-state index contributed by atoms with van der Waals surface area (Å²) in [5.41, 5.74) is 3.87. The average molecular weight is 442 g/mol. The van der Waals surface area contributed by atoms with E-state index < -0.39 is 0 Å². The molecule has 2 fully saturated rings. The van der Waals surface area contributed by atoms with E-state index in [0.29, 0.717) is 10.9 Å². The van der Waals surface area contributed by atoms with E-state index in [1.807, 2.05) is 28.8 Å². The van der Waals surface area contributed by atoms with Gasteiger partial charge in [-0.25, -0.2) is 4.52 Å². The number of nitrogens with zero attached hydrogens (tertiary/aromatic N) is 3. The van der Waals surface area contributed by atoms with E-state index in [1.165, 1.54) is 12.8 Å². The van der Waals surface area contributed by atoms with Gasteiger partial charge in [0.05, 0.1) is 36.6 Å². The van der Waals surface area contributed by atoms with Crippen molar-refractivity contribution in [3.63, 3.8) is 0 Å². The lowest BCUT2D eigenvalue weighted by molar-refractivity contribution is 0.115. The number of aromatic nitrogens is 2. The highest BCUT2D eigenvalue weighted by Crippen LogP contribution is 2.40. The van der Waals surface area contributed by atoms with Gasteiger partial charge < -0.3 is 19.1 Å². The first-order chi connectivity index (χ1) is 15.2. The molecule has 3 aromatic rings. The van der Waals surface area contributed by atoms with Crippen molar-refractivity contribution in [2.24, 2.45) is 5.92 Å². The van der Waals surface area contributed by atoms with Crippen molar-refractivity contribution in [2.75, 3.05) is 38.8 Å². The Kier molecular flexibility index (Phi) is 5.67. The summed E-state index contributed by atoms with van der Waals surface area (Å²) in [5.74, 6) is 2.10. The van der Waals surface area contributed by atoms with Crippen molar-refractivity contribution in [1.29, 1.82) is 0 Å². The summed E-state index contributed by atoms with van der Waals surface area (Å²) in [5, 5.41) is 5.46. The third-order valence-electron chi connectivity index (χ3n) is 6.19. The van der Waals surface area contributed by atoms with Crippen LogP contribution in [0.5, 0.6) is 11.6 Å². The fourth-order valence-electron chi connectivity index (χ4n) is 4.41. The maximum absolute atomic E-state index is 6.60. The number of rotatable bonds is 8. The van der Waals surface area contributed by atoms with Gasteiger partial charge in [-0.05, 0) is 61.9 Å². The van der Waals surface area contributed by atoms with Crippen LogP contribution >= 0.6 is 11.6 Å². The molecule has 1 aromatic carbocycles. The zero-order chi connectivity index (χ0) is 21.4. The second kappa shape index (κ2) is 8.60. The second-order valence-corrected chi connectivity index (χ2v) is 8.80. The molecule has 1 aliphatic heterocycles. The molecular weight excluding hydrogens is 414 g/mol. The minimum Gasteiger partial charge on any atom is -0.497 e. The Morgan fingerprint density at radius 1 is 1.13 bits per heavy atom. The first kappa shape index (κ1) is 20.5. The van der Waals surface area contributed by atoms with E-state index in [0.717, 1.165) is 66.7 Å². The SMILES string of the molecule is COc1ccc(-c2cccc3c(N(CC4CC4)CC4CCCO4)c(OC)nn23)c(Cl)c1. The highest BCUT2D eigenvalue weighted by Gasteiger charge is 2.31.